The highest BCUT2D eigenvalue weighted by atomic mass is 19.1. The van der Waals surface area contributed by atoms with Crippen LogP contribution in [0.4, 0.5) is 8.78 Å². The lowest BCUT2D eigenvalue weighted by atomic mass is 9.96. The van der Waals surface area contributed by atoms with E-state index in [1.54, 1.807) is 6.20 Å². The first-order valence-corrected chi connectivity index (χ1v) is 8.85. The molecule has 0 radical (unpaired) electrons. The van der Waals surface area contributed by atoms with Crippen molar-refractivity contribution >= 4 is 5.97 Å². The number of carbonyl (C=O) groups excluding carboxylic acids is 1. The molecule has 2 heterocycles. The van der Waals surface area contributed by atoms with Crippen molar-refractivity contribution in [3.8, 4) is 11.1 Å². The normalized spacial score (nSPS) is 15.8. The van der Waals surface area contributed by atoms with Gasteiger partial charge in [-0.25, -0.2) is 8.78 Å². The van der Waals surface area contributed by atoms with E-state index in [2.05, 4.69) is 9.88 Å². The molecule has 0 N–H and O–H groups in total. The SMILES string of the molecule is CCOC(=O)C1CCN(Cc2cncc(-c3cc(F)ccc3F)c2)CC1. The minimum Gasteiger partial charge on any atom is -0.466 e. The molecule has 0 amide bonds. The zero-order valence-corrected chi connectivity index (χ0v) is 14.8. The molecule has 0 saturated carbocycles. The van der Waals surface area contributed by atoms with Crippen molar-refractivity contribution in [3.05, 3.63) is 53.9 Å². The summed E-state index contributed by atoms with van der Waals surface area (Å²) < 4.78 is 32.5. The molecule has 138 valence electrons. The van der Waals surface area contributed by atoms with Gasteiger partial charge in [-0.15, -0.1) is 0 Å². The fourth-order valence-electron chi connectivity index (χ4n) is 3.29. The molecule has 0 spiro atoms. The largest absolute Gasteiger partial charge is 0.466 e. The number of carbonyl (C=O) groups is 1. The Balaban J connectivity index is 1.65. The Morgan fingerprint density at radius 3 is 2.73 bits per heavy atom. The van der Waals surface area contributed by atoms with Crippen LogP contribution in [-0.4, -0.2) is 35.5 Å². The third-order valence-electron chi connectivity index (χ3n) is 4.65. The number of hydrogen-bond donors (Lipinski definition) is 0. The highest BCUT2D eigenvalue weighted by molar-refractivity contribution is 5.72. The van der Waals surface area contributed by atoms with E-state index < -0.39 is 11.6 Å². The summed E-state index contributed by atoms with van der Waals surface area (Å²) in [6, 6.07) is 5.24. The first kappa shape index (κ1) is 18.5. The van der Waals surface area contributed by atoms with Gasteiger partial charge in [-0.1, -0.05) is 0 Å². The topological polar surface area (TPSA) is 42.4 Å². The van der Waals surface area contributed by atoms with Crippen LogP contribution in [0.5, 0.6) is 0 Å². The van der Waals surface area contributed by atoms with E-state index in [1.807, 2.05) is 13.0 Å². The summed E-state index contributed by atoms with van der Waals surface area (Å²) in [6.07, 6.45) is 4.81. The van der Waals surface area contributed by atoms with Gasteiger partial charge >= 0.3 is 5.97 Å². The summed E-state index contributed by atoms with van der Waals surface area (Å²) in [5.74, 6) is -1.09. The van der Waals surface area contributed by atoms with Gasteiger partial charge in [-0.05, 0) is 62.7 Å². The average Bonchev–Trinajstić information content (AvgIpc) is 2.65. The van der Waals surface area contributed by atoms with E-state index in [9.17, 15) is 13.6 Å². The maximum atomic E-state index is 14.0. The maximum Gasteiger partial charge on any atom is 0.309 e. The van der Waals surface area contributed by atoms with Crippen LogP contribution in [0.3, 0.4) is 0 Å². The Morgan fingerprint density at radius 2 is 2.00 bits per heavy atom. The lowest BCUT2D eigenvalue weighted by molar-refractivity contribution is -0.149. The van der Waals surface area contributed by atoms with Crippen molar-refractivity contribution in [2.45, 2.75) is 26.3 Å². The number of ether oxygens (including phenoxy) is 1. The van der Waals surface area contributed by atoms with E-state index in [-0.39, 0.29) is 17.5 Å². The van der Waals surface area contributed by atoms with Gasteiger partial charge in [0.25, 0.3) is 0 Å². The summed E-state index contributed by atoms with van der Waals surface area (Å²) in [4.78, 5) is 18.2. The first-order valence-electron chi connectivity index (χ1n) is 8.85. The standard InChI is InChI=1S/C20H22F2N2O2/c1-2-26-20(25)15-5-7-24(8-6-15)13-14-9-16(12-23-11-14)18-10-17(21)3-4-19(18)22/h3-4,9-12,15H,2,5-8,13H2,1H3. The van der Waals surface area contributed by atoms with E-state index in [1.165, 1.54) is 12.3 Å². The molecule has 1 aliphatic rings. The van der Waals surface area contributed by atoms with Gasteiger partial charge in [0.05, 0.1) is 12.5 Å². The van der Waals surface area contributed by atoms with Crippen LogP contribution in [0.25, 0.3) is 11.1 Å². The molecule has 6 heteroatoms. The fourth-order valence-corrected chi connectivity index (χ4v) is 3.29. The molecule has 1 aliphatic heterocycles. The van der Waals surface area contributed by atoms with E-state index in [0.717, 1.165) is 43.6 Å². The van der Waals surface area contributed by atoms with Crippen LogP contribution in [0.2, 0.25) is 0 Å². The molecule has 1 aromatic carbocycles. The summed E-state index contributed by atoms with van der Waals surface area (Å²) >= 11 is 0. The quantitative estimate of drug-likeness (QED) is 0.761. The monoisotopic (exact) mass is 360 g/mol. The molecular formula is C20H22F2N2O2. The number of pyridine rings is 1. The molecule has 0 bridgehead atoms. The van der Waals surface area contributed by atoms with Crippen molar-refractivity contribution in [2.24, 2.45) is 5.92 Å². The summed E-state index contributed by atoms with van der Waals surface area (Å²) in [6.45, 7) is 4.47. The molecule has 0 atom stereocenters. The second-order valence-corrected chi connectivity index (χ2v) is 6.51. The second-order valence-electron chi connectivity index (χ2n) is 6.51. The Kier molecular flexibility index (Phi) is 5.93. The van der Waals surface area contributed by atoms with Crippen LogP contribution in [0, 0.1) is 17.6 Å². The predicted molar refractivity (Wildman–Crippen MR) is 94.2 cm³/mol. The van der Waals surface area contributed by atoms with E-state index >= 15 is 0 Å². The number of halogens is 2. The molecule has 4 nitrogen and oxygen atoms in total. The maximum absolute atomic E-state index is 14.0. The fraction of sp³-hybridized carbons (Fsp3) is 0.400. The lowest BCUT2D eigenvalue weighted by Crippen LogP contribution is -2.36. The molecule has 1 aromatic heterocycles. The molecule has 1 fully saturated rings. The van der Waals surface area contributed by atoms with Gasteiger partial charge in [-0.2, -0.15) is 0 Å². The molecule has 0 unspecified atom stereocenters. The number of aromatic nitrogens is 1. The van der Waals surface area contributed by atoms with Gasteiger partial charge in [0.15, 0.2) is 0 Å². The number of benzene rings is 1. The van der Waals surface area contributed by atoms with Crippen molar-refractivity contribution in [2.75, 3.05) is 19.7 Å². The van der Waals surface area contributed by atoms with Crippen LogP contribution in [0.1, 0.15) is 25.3 Å². The van der Waals surface area contributed by atoms with Crippen LogP contribution in [0.15, 0.2) is 36.7 Å². The second kappa shape index (κ2) is 8.36. The molecule has 26 heavy (non-hydrogen) atoms. The Morgan fingerprint density at radius 1 is 1.23 bits per heavy atom. The Hall–Kier alpha value is -2.34. The van der Waals surface area contributed by atoms with Crippen LogP contribution < -0.4 is 0 Å². The average molecular weight is 360 g/mol. The third-order valence-corrected chi connectivity index (χ3v) is 4.65. The predicted octanol–water partition coefficient (Wildman–Crippen LogP) is 3.80. The first-order chi connectivity index (χ1) is 12.6. The summed E-state index contributed by atoms with van der Waals surface area (Å²) in [7, 11) is 0. The van der Waals surface area contributed by atoms with Gasteiger partial charge in [-0.3, -0.25) is 14.7 Å². The van der Waals surface area contributed by atoms with Gasteiger partial charge in [0, 0.05) is 30.1 Å². The number of piperidine rings is 1. The minimum absolute atomic E-state index is 0.0305. The van der Waals surface area contributed by atoms with Crippen molar-refractivity contribution < 1.29 is 18.3 Å². The minimum atomic E-state index is -0.479. The van der Waals surface area contributed by atoms with Gasteiger partial charge < -0.3 is 4.74 Å². The molecule has 2 aromatic rings. The van der Waals surface area contributed by atoms with Crippen molar-refractivity contribution in [3.63, 3.8) is 0 Å². The summed E-state index contributed by atoms with van der Waals surface area (Å²) in [5, 5.41) is 0. The molecule has 1 saturated heterocycles. The van der Waals surface area contributed by atoms with Crippen molar-refractivity contribution in [1.29, 1.82) is 0 Å². The number of rotatable bonds is 5. The molecule has 0 aliphatic carbocycles. The summed E-state index contributed by atoms with van der Waals surface area (Å²) in [5.41, 5.74) is 1.70. The van der Waals surface area contributed by atoms with E-state index in [4.69, 9.17) is 4.74 Å². The highest BCUT2D eigenvalue weighted by Gasteiger charge is 2.26. The van der Waals surface area contributed by atoms with E-state index in [0.29, 0.717) is 18.7 Å². The smallest absolute Gasteiger partial charge is 0.309 e. The van der Waals surface area contributed by atoms with Gasteiger partial charge in [0.2, 0.25) is 0 Å². The van der Waals surface area contributed by atoms with Gasteiger partial charge in [0.1, 0.15) is 11.6 Å². The Bertz CT molecular complexity index is 774. The zero-order valence-electron chi connectivity index (χ0n) is 14.8. The zero-order chi connectivity index (χ0) is 18.5. The number of esters is 1. The lowest BCUT2D eigenvalue weighted by Gasteiger charge is -2.30. The highest BCUT2D eigenvalue weighted by Crippen LogP contribution is 2.25. The van der Waals surface area contributed by atoms with Crippen LogP contribution >= 0.6 is 0 Å². The Labute approximate surface area is 151 Å². The van der Waals surface area contributed by atoms with Crippen LogP contribution in [-0.2, 0) is 16.1 Å². The third kappa shape index (κ3) is 4.43. The molecule has 3 rings (SSSR count). The number of nitrogens with zero attached hydrogens (tertiary/aromatic N) is 2. The number of likely N-dealkylation sites (tertiary alicyclic amines) is 1. The molecular weight excluding hydrogens is 338 g/mol. The van der Waals surface area contributed by atoms with Crippen molar-refractivity contribution in [1.82, 2.24) is 9.88 Å². The number of hydrogen-bond acceptors (Lipinski definition) is 4.